The van der Waals surface area contributed by atoms with E-state index in [4.69, 9.17) is 0 Å². The van der Waals surface area contributed by atoms with E-state index in [0.29, 0.717) is 0 Å². The van der Waals surface area contributed by atoms with Gasteiger partial charge in [0.1, 0.15) is 0 Å². The average Bonchev–Trinajstić information content (AvgIpc) is 3.05. The number of nitrogens with zero attached hydrogens (tertiary/aromatic N) is 2. The van der Waals surface area contributed by atoms with E-state index in [1.165, 1.54) is 0 Å². The molecule has 1 saturated carbocycles. The van der Waals surface area contributed by atoms with Gasteiger partial charge < -0.3 is 0 Å². The van der Waals surface area contributed by atoms with Gasteiger partial charge in [0.05, 0.1) is 11.4 Å². The first-order chi connectivity index (χ1) is 11.2. The number of benzene rings is 2. The van der Waals surface area contributed by atoms with Gasteiger partial charge in [-0.3, -0.25) is 0 Å². The molecule has 2 aliphatic rings. The van der Waals surface area contributed by atoms with Crippen molar-refractivity contribution in [1.82, 2.24) is 0 Å². The van der Waals surface area contributed by atoms with Crippen LogP contribution in [0.4, 0.5) is 0 Å². The molecular weight excluding hydrogens is 620 g/mol. The smallest absolute Gasteiger partial charge is 0.154 e. The van der Waals surface area contributed by atoms with Crippen LogP contribution in [-0.4, -0.2) is 38.7 Å². The minimum atomic E-state index is 0. The third-order valence-corrected chi connectivity index (χ3v) is 4.87. The van der Waals surface area contributed by atoms with Gasteiger partial charge in [0.15, 0.2) is 0 Å². The Labute approximate surface area is 179 Å². The summed E-state index contributed by atoms with van der Waals surface area (Å²) in [5.41, 5.74) is 3.97. The quantitative estimate of drug-likeness (QED) is 0.426. The van der Waals surface area contributed by atoms with E-state index >= 15 is 0 Å². The third kappa shape index (κ3) is 3.60. The molecule has 2 aromatic carbocycles. The molecular formula is C19H11Br2N2Tl+. The SMILES string of the molecule is Brc1ccc(C2=NN=C(c3ccc(Br)cc3)[C]3[CH][CH][CH][C]32)cc1.[Tl+]. The maximum absolute atomic E-state index is 4.50. The van der Waals surface area contributed by atoms with Crippen molar-refractivity contribution in [2.75, 3.05) is 0 Å². The van der Waals surface area contributed by atoms with Gasteiger partial charge in [-0.1, -0.05) is 56.1 Å². The molecule has 0 bridgehead atoms. The van der Waals surface area contributed by atoms with Crippen LogP contribution in [0.3, 0.4) is 0 Å². The Balaban J connectivity index is 0.00000169. The molecule has 0 spiro atoms. The van der Waals surface area contributed by atoms with E-state index in [1.807, 2.05) is 24.3 Å². The molecule has 24 heavy (non-hydrogen) atoms. The summed E-state index contributed by atoms with van der Waals surface area (Å²) in [4.78, 5) is 0. The fourth-order valence-electron chi connectivity index (χ4n) is 2.68. The first-order valence-electron chi connectivity index (χ1n) is 7.16. The zero-order valence-electron chi connectivity index (χ0n) is 12.6. The number of rotatable bonds is 2. The van der Waals surface area contributed by atoms with E-state index in [1.54, 1.807) is 0 Å². The van der Waals surface area contributed by atoms with Gasteiger partial charge in [0, 0.05) is 20.8 Å². The summed E-state index contributed by atoms with van der Waals surface area (Å²) in [6.07, 6.45) is 6.26. The van der Waals surface area contributed by atoms with Crippen LogP contribution in [0.5, 0.6) is 0 Å². The van der Waals surface area contributed by atoms with Crippen LogP contribution in [0.15, 0.2) is 67.7 Å². The van der Waals surface area contributed by atoms with Gasteiger partial charge in [-0.15, -0.1) is 0 Å². The van der Waals surface area contributed by atoms with Crippen molar-refractivity contribution < 1.29 is 0 Å². The minimum Gasteiger partial charge on any atom is -0.154 e. The Morgan fingerprint density at radius 2 is 0.958 bits per heavy atom. The molecule has 1 heterocycles. The molecule has 0 N–H and O–H groups in total. The van der Waals surface area contributed by atoms with Crippen molar-refractivity contribution in [3.05, 3.63) is 99.7 Å². The maximum atomic E-state index is 4.50. The maximum Gasteiger partial charge on any atom is 1.00 e. The Kier molecular flexibility index (Phi) is 6.08. The van der Waals surface area contributed by atoms with Gasteiger partial charge in [0.25, 0.3) is 0 Å². The topological polar surface area (TPSA) is 24.7 Å². The van der Waals surface area contributed by atoms with Crippen molar-refractivity contribution in [2.24, 2.45) is 10.2 Å². The summed E-state index contributed by atoms with van der Waals surface area (Å²) in [6, 6.07) is 16.3. The van der Waals surface area contributed by atoms with E-state index < -0.39 is 0 Å². The van der Waals surface area contributed by atoms with Gasteiger partial charge in [-0.05, 0) is 54.7 Å². The van der Waals surface area contributed by atoms with Crippen LogP contribution < -0.4 is 0 Å². The second-order valence-corrected chi connectivity index (χ2v) is 7.10. The van der Waals surface area contributed by atoms with Crippen molar-refractivity contribution in [2.45, 2.75) is 0 Å². The number of hydrogen-bond acceptors (Lipinski definition) is 2. The van der Waals surface area contributed by atoms with Crippen LogP contribution in [0.25, 0.3) is 0 Å². The Bertz CT molecular complexity index is 715. The van der Waals surface area contributed by atoms with Crippen molar-refractivity contribution >= 4 is 70.6 Å². The summed E-state index contributed by atoms with van der Waals surface area (Å²) in [6.45, 7) is 0. The predicted octanol–water partition coefficient (Wildman–Crippen LogP) is 4.81. The number of hydrogen-bond donors (Lipinski definition) is 0. The predicted molar refractivity (Wildman–Crippen MR) is 106 cm³/mol. The normalized spacial score (nSPS) is 17.8. The number of fused-ring (bicyclic) bond motifs is 1. The summed E-state index contributed by atoms with van der Waals surface area (Å²) in [5, 5.41) is 9.00. The average molecular weight is 632 g/mol. The molecule has 1 aliphatic carbocycles. The van der Waals surface area contributed by atoms with E-state index in [-0.39, 0.29) is 27.3 Å². The first-order valence-corrected chi connectivity index (χ1v) is 8.75. The molecule has 0 aromatic heterocycles. The van der Waals surface area contributed by atoms with Crippen molar-refractivity contribution in [3.63, 3.8) is 0 Å². The largest absolute Gasteiger partial charge is 1.00 e. The third-order valence-electron chi connectivity index (χ3n) is 3.81. The molecule has 0 unspecified atom stereocenters. The minimum absolute atomic E-state index is 0. The van der Waals surface area contributed by atoms with Gasteiger partial charge in [-0.25, -0.2) is 0 Å². The monoisotopic (exact) mass is 630 g/mol. The van der Waals surface area contributed by atoms with Gasteiger partial charge in [-0.2, -0.15) is 10.2 Å². The van der Waals surface area contributed by atoms with Crippen molar-refractivity contribution in [1.29, 1.82) is 0 Å². The zero-order chi connectivity index (χ0) is 15.8. The standard InChI is InChI=1S/C19H11Br2N2.Tl/c20-14-8-4-12(5-9-14)18-16-2-1-3-17(16)19(23-22-18)13-6-10-15(21)11-7-13;/h1-11H;/q;+1. The molecule has 2 aromatic rings. The first kappa shape index (κ1) is 18.5. The van der Waals surface area contributed by atoms with Crippen LogP contribution in [-0.2, 0) is 0 Å². The summed E-state index contributed by atoms with van der Waals surface area (Å²) < 4.78 is 2.11. The molecule has 1 aliphatic heterocycles. The van der Waals surface area contributed by atoms with Crippen LogP contribution in [0.1, 0.15) is 11.1 Å². The molecule has 0 amide bonds. The Morgan fingerprint density at radius 1 is 0.583 bits per heavy atom. The Morgan fingerprint density at radius 3 is 1.33 bits per heavy atom. The fourth-order valence-corrected chi connectivity index (χ4v) is 3.21. The van der Waals surface area contributed by atoms with E-state index in [9.17, 15) is 0 Å². The van der Waals surface area contributed by atoms with Gasteiger partial charge >= 0.3 is 27.3 Å². The molecule has 0 saturated heterocycles. The van der Waals surface area contributed by atoms with E-state index in [2.05, 4.69) is 85.6 Å². The van der Waals surface area contributed by atoms with Crippen LogP contribution >= 0.6 is 31.9 Å². The number of halogens is 2. The van der Waals surface area contributed by atoms with Crippen LogP contribution in [0.2, 0.25) is 0 Å². The van der Waals surface area contributed by atoms with Crippen molar-refractivity contribution in [3.8, 4) is 0 Å². The summed E-state index contributed by atoms with van der Waals surface area (Å²) in [7, 11) is 0. The van der Waals surface area contributed by atoms with Crippen LogP contribution in [0, 0.1) is 31.1 Å². The molecule has 0 atom stereocenters. The second kappa shape index (κ2) is 7.91. The molecule has 1 fully saturated rings. The zero-order valence-corrected chi connectivity index (χ0v) is 20.2. The Hall–Kier alpha value is -0.338. The molecule has 2 nitrogen and oxygen atoms in total. The van der Waals surface area contributed by atoms with E-state index in [0.717, 1.165) is 43.3 Å². The fraction of sp³-hybridized carbons (Fsp3) is 0. The van der Waals surface area contributed by atoms with Gasteiger partial charge in [0.2, 0.25) is 0 Å². The molecule has 4 rings (SSSR count). The summed E-state index contributed by atoms with van der Waals surface area (Å²) in [5.74, 6) is 2.25. The molecule has 113 valence electrons. The second-order valence-electron chi connectivity index (χ2n) is 5.26. The molecule has 5 heteroatoms. The summed E-state index contributed by atoms with van der Waals surface area (Å²) >= 11 is 6.94. The molecule has 5 radical (unpaired) electrons.